The third kappa shape index (κ3) is 3.78. The standard InChI is InChI=1S/C7H14FO2P/c1-4-6(8)7(2,3)5-10-11-9/h6H,4-5H2,1-3H3. The van der Waals surface area contributed by atoms with E-state index in [1.54, 1.807) is 20.8 Å². The summed E-state index contributed by atoms with van der Waals surface area (Å²) in [6, 6.07) is 0. The molecular formula is C7H14FO2P. The molecular weight excluding hydrogens is 166 g/mol. The van der Waals surface area contributed by atoms with Crippen molar-refractivity contribution >= 4 is 8.69 Å². The van der Waals surface area contributed by atoms with Crippen LogP contribution in [0, 0.1) is 5.41 Å². The summed E-state index contributed by atoms with van der Waals surface area (Å²) in [6.07, 6.45) is -0.434. The first kappa shape index (κ1) is 11.0. The molecule has 66 valence electrons. The van der Waals surface area contributed by atoms with Gasteiger partial charge in [-0.05, 0) is 6.42 Å². The molecule has 1 unspecified atom stereocenters. The van der Waals surface area contributed by atoms with E-state index in [2.05, 4.69) is 4.52 Å². The van der Waals surface area contributed by atoms with Gasteiger partial charge in [0.15, 0.2) is 0 Å². The van der Waals surface area contributed by atoms with E-state index < -0.39 is 11.6 Å². The lowest BCUT2D eigenvalue weighted by Gasteiger charge is -2.25. The second-order valence-electron chi connectivity index (χ2n) is 3.21. The van der Waals surface area contributed by atoms with Gasteiger partial charge < -0.3 is 0 Å². The molecule has 0 saturated carbocycles. The van der Waals surface area contributed by atoms with E-state index in [1.807, 2.05) is 0 Å². The van der Waals surface area contributed by atoms with E-state index in [1.165, 1.54) is 0 Å². The molecule has 11 heavy (non-hydrogen) atoms. The Labute approximate surface area is 68.4 Å². The summed E-state index contributed by atoms with van der Waals surface area (Å²) in [5, 5.41) is 0. The Morgan fingerprint density at radius 1 is 1.64 bits per heavy atom. The summed E-state index contributed by atoms with van der Waals surface area (Å²) in [5.41, 5.74) is -0.536. The highest BCUT2D eigenvalue weighted by molar-refractivity contribution is 7.17. The summed E-state index contributed by atoms with van der Waals surface area (Å²) in [4.78, 5) is 0. The second kappa shape index (κ2) is 4.78. The number of halogens is 1. The molecule has 4 heteroatoms. The molecule has 0 amide bonds. The maximum absolute atomic E-state index is 13.0. The summed E-state index contributed by atoms with van der Waals surface area (Å²) in [7, 11) is -0.376. The molecule has 0 rings (SSSR count). The van der Waals surface area contributed by atoms with E-state index >= 15 is 0 Å². The van der Waals surface area contributed by atoms with Gasteiger partial charge in [0.1, 0.15) is 6.17 Å². The molecule has 0 aliphatic rings. The van der Waals surface area contributed by atoms with Crippen LogP contribution < -0.4 is 0 Å². The van der Waals surface area contributed by atoms with Crippen molar-refractivity contribution in [2.24, 2.45) is 5.41 Å². The fourth-order valence-electron chi connectivity index (χ4n) is 0.836. The number of rotatable bonds is 5. The van der Waals surface area contributed by atoms with Gasteiger partial charge in [0.2, 0.25) is 0 Å². The average molecular weight is 180 g/mol. The van der Waals surface area contributed by atoms with Crippen LogP contribution >= 0.6 is 8.69 Å². The van der Waals surface area contributed by atoms with Gasteiger partial charge in [-0.15, -0.1) is 0 Å². The van der Waals surface area contributed by atoms with Crippen molar-refractivity contribution in [1.82, 2.24) is 0 Å². The van der Waals surface area contributed by atoms with E-state index in [4.69, 9.17) is 0 Å². The molecule has 0 aliphatic carbocycles. The molecule has 0 aromatic carbocycles. The summed E-state index contributed by atoms with van der Waals surface area (Å²) in [5.74, 6) is 0. The number of hydrogen-bond acceptors (Lipinski definition) is 2. The predicted octanol–water partition coefficient (Wildman–Crippen LogP) is 2.98. The predicted molar refractivity (Wildman–Crippen MR) is 42.5 cm³/mol. The van der Waals surface area contributed by atoms with Crippen LogP contribution in [-0.4, -0.2) is 12.8 Å². The van der Waals surface area contributed by atoms with E-state index in [9.17, 15) is 8.96 Å². The largest absolute Gasteiger partial charge is 0.327 e. The molecule has 0 heterocycles. The zero-order chi connectivity index (χ0) is 8.91. The van der Waals surface area contributed by atoms with Crippen LogP contribution in [0.3, 0.4) is 0 Å². The number of alkyl halides is 1. The van der Waals surface area contributed by atoms with Crippen LogP contribution in [0.1, 0.15) is 27.2 Å². The Balaban J connectivity index is 3.86. The highest BCUT2D eigenvalue weighted by Gasteiger charge is 2.28. The molecule has 1 atom stereocenters. The van der Waals surface area contributed by atoms with Crippen molar-refractivity contribution in [3.8, 4) is 0 Å². The molecule has 0 spiro atoms. The zero-order valence-corrected chi connectivity index (χ0v) is 8.03. The SMILES string of the molecule is CCC(F)C(C)(C)COP=O. The fraction of sp³-hybridized carbons (Fsp3) is 1.00. The first-order valence-corrected chi connectivity index (χ1v) is 4.36. The minimum Gasteiger partial charge on any atom is -0.294 e. The van der Waals surface area contributed by atoms with Gasteiger partial charge >= 0.3 is 8.69 Å². The molecule has 0 aromatic heterocycles. The fourth-order valence-corrected chi connectivity index (χ4v) is 1.22. The average Bonchev–Trinajstić information content (AvgIpc) is 1.99. The molecule has 0 N–H and O–H groups in total. The minimum absolute atomic E-state index is 0.188. The summed E-state index contributed by atoms with van der Waals surface area (Å²) < 4.78 is 27.6. The van der Waals surface area contributed by atoms with Gasteiger partial charge in [0, 0.05) is 5.41 Å². The molecule has 0 radical (unpaired) electrons. The quantitative estimate of drug-likeness (QED) is 0.608. The normalized spacial score (nSPS) is 15.3. The van der Waals surface area contributed by atoms with Gasteiger partial charge in [-0.3, -0.25) is 4.52 Å². The topological polar surface area (TPSA) is 26.3 Å². The third-order valence-electron chi connectivity index (χ3n) is 1.70. The molecule has 0 aliphatic heterocycles. The summed E-state index contributed by atoms with van der Waals surface area (Å²) >= 11 is 0. The van der Waals surface area contributed by atoms with Gasteiger partial charge in [-0.2, -0.15) is 0 Å². The molecule has 0 saturated heterocycles. The van der Waals surface area contributed by atoms with Crippen molar-refractivity contribution in [3.05, 3.63) is 0 Å². The maximum Gasteiger partial charge on any atom is 0.327 e. The first-order valence-electron chi connectivity index (χ1n) is 3.63. The van der Waals surface area contributed by atoms with Crippen LogP contribution in [0.15, 0.2) is 0 Å². The van der Waals surface area contributed by atoms with E-state index in [-0.39, 0.29) is 15.3 Å². The minimum atomic E-state index is -0.899. The third-order valence-corrected chi connectivity index (χ3v) is 1.93. The molecule has 0 bridgehead atoms. The lowest BCUT2D eigenvalue weighted by Crippen LogP contribution is -2.29. The highest BCUT2D eigenvalue weighted by atomic mass is 31.1. The summed E-state index contributed by atoms with van der Waals surface area (Å²) in [6.45, 7) is 5.48. The Morgan fingerprint density at radius 2 is 2.18 bits per heavy atom. The van der Waals surface area contributed by atoms with Crippen molar-refractivity contribution in [1.29, 1.82) is 0 Å². The van der Waals surface area contributed by atoms with Crippen LogP contribution in [-0.2, 0) is 9.09 Å². The Hall–Kier alpha value is -0.0100. The van der Waals surface area contributed by atoms with Crippen LogP contribution in [0.4, 0.5) is 4.39 Å². The van der Waals surface area contributed by atoms with Crippen molar-refractivity contribution in [3.63, 3.8) is 0 Å². The van der Waals surface area contributed by atoms with E-state index in [0.29, 0.717) is 6.42 Å². The van der Waals surface area contributed by atoms with Crippen LogP contribution in [0.2, 0.25) is 0 Å². The zero-order valence-electron chi connectivity index (χ0n) is 7.13. The van der Waals surface area contributed by atoms with Gasteiger partial charge in [0.25, 0.3) is 0 Å². The Bertz CT molecular complexity index is 128. The molecule has 0 fully saturated rings. The lowest BCUT2D eigenvalue weighted by atomic mass is 9.87. The lowest BCUT2D eigenvalue weighted by molar-refractivity contribution is 0.0824. The molecule has 0 aromatic rings. The van der Waals surface area contributed by atoms with Gasteiger partial charge in [-0.1, -0.05) is 20.8 Å². The smallest absolute Gasteiger partial charge is 0.294 e. The molecule has 2 nitrogen and oxygen atoms in total. The second-order valence-corrected chi connectivity index (χ2v) is 3.62. The van der Waals surface area contributed by atoms with E-state index in [0.717, 1.165) is 0 Å². The monoisotopic (exact) mass is 180 g/mol. The van der Waals surface area contributed by atoms with Crippen LogP contribution in [0.5, 0.6) is 0 Å². The Morgan fingerprint density at radius 3 is 2.55 bits per heavy atom. The Kier molecular flexibility index (Phi) is 4.78. The van der Waals surface area contributed by atoms with Crippen molar-refractivity contribution in [2.45, 2.75) is 33.4 Å². The van der Waals surface area contributed by atoms with Gasteiger partial charge in [0.05, 0.1) is 6.61 Å². The number of hydrogen-bond donors (Lipinski definition) is 0. The van der Waals surface area contributed by atoms with Crippen LogP contribution in [0.25, 0.3) is 0 Å². The van der Waals surface area contributed by atoms with Crippen molar-refractivity contribution < 1.29 is 13.5 Å². The van der Waals surface area contributed by atoms with Crippen molar-refractivity contribution in [2.75, 3.05) is 6.61 Å². The van der Waals surface area contributed by atoms with Gasteiger partial charge in [-0.25, -0.2) is 8.96 Å². The maximum atomic E-state index is 13.0. The first-order chi connectivity index (χ1) is 5.04. The highest BCUT2D eigenvalue weighted by Crippen LogP contribution is 2.27.